The first kappa shape index (κ1) is 17.4. The molecule has 1 aromatic carbocycles. The van der Waals surface area contributed by atoms with Gasteiger partial charge in [0, 0.05) is 6.54 Å². The van der Waals surface area contributed by atoms with Gasteiger partial charge in [-0.15, -0.1) is 0 Å². The molecule has 0 amide bonds. The normalized spacial score (nSPS) is 20.7. The number of nitrogens with one attached hydrogen (secondary N) is 2. The minimum atomic E-state index is -1.46. The summed E-state index contributed by atoms with van der Waals surface area (Å²) >= 11 is 0. The first-order chi connectivity index (χ1) is 11.2. The Kier molecular flexibility index (Phi) is 6.55. The Bertz CT molecular complexity index is 513. The number of benzene rings is 1. The average molecular weight is 320 g/mol. The van der Waals surface area contributed by atoms with E-state index in [4.69, 9.17) is 9.47 Å². The lowest BCUT2D eigenvalue weighted by molar-refractivity contribution is -0.170. The Morgan fingerprint density at radius 1 is 1.17 bits per heavy atom. The van der Waals surface area contributed by atoms with E-state index in [9.17, 15) is 9.59 Å². The molecule has 2 N–H and O–H groups in total. The standard InChI is InChI=1S/C17H24N2O4/c1-2-3-12-22-15(20)17(10-7-11-18-19-17)16(21)23-13-14-8-5-4-6-9-14/h4-6,8-9,18-19H,2-3,7,10-13H2,1H3/t17-/m0/s1. The van der Waals surface area contributed by atoms with E-state index in [2.05, 4.69) is 10.9 Å². The summed E-state index contributed by atoms with van der Waals surface area (Å²) in [6.07, 6.45) is 2.74. The molecule has 0 radical (unpaired) electrons. The Hall–Kier alpha value is -1.92. The van der Waals surface area contributed by atoms with Gasteiger partial charge in [0.05, 0.1) is 6.61 Å². The van der Waals surface area contributed by atoms with Crippen LogP contribution in [-0.2, 0) is 25.7 Å². The number of hydrogen-bond donors (Lipinski definition) is 2. The monoisotopic (exact) mass is 320 g/mol. The summed E-state index contributed by atoms with van der Waals surface area (Å²) in [6.45, 7) is 3.14. The number of ether oxygens (including phenoxy) is 2. The average Bonchev–Trinajstić information content (AvgIpc) is 2.61. The molecule has 1 aromatic rings. The largest absolute Gasteiger partial charge is 0.464 e. The molecular formula is C17H24N2O4. The number of unbranched alkanes of at least 4 members (excludes halogenated alkanes) is 1. The Labute approximate surface area is 136 Å². The van der Waals surface area contributed by atoms with Gasteiger partial charge in [-0.2, -0.15) is 0 Å². The summed E-state index contributed by atoms with van der Waals surface area (Å²) < 4.78 is 10.6. The molecule has 2 rings (SSSR count). The van der Waals surface area contributed by atoms with E-state index in [0.29, 0.717) is 26.0 Å². The lowest BCUT2D eigenvalue weighted by Crippen LogP contribution is -2.66. The van der Waals surface area contributed by atoms with Crippen LogP contribution in [0, 0.1) is 0 Å². The summed E-state index contributed by atoms with van der Waals surface area (Å²) in [7, 11) is 0. The summed E-state index contributed by atoms with van der Waals surface area (Å²) in [5, 5.41) is 0. The number of rotatable bonds is 7. The lowest BCUT2D eigenvalue weighted by atomic mass is 9.92. The molecule has 6 heteroatoms. The van der Waals surface area contributed by atoms with E-state index in [-0.39, 0.29) is 6.61 Å². The molecule has 1 atom stereocenters. The predicted molar refractivity (Wildman–Crippen MR) is 85.2 cm³/mol. The number of carbonyl (C=O) groups is 2. The molecule has 0 bridgehead atoms. The number of hydrazine groups is 1. The molecule has 0 saturated carbocycles. The van der Waals surface area contributed by atoms with Gasteiger partial charge in [-0.1, -0.05) is 43.7 Å². The second-order valence-electron chi connectivity index (χ2n) is 5.61. The van der Waals surface area contributed by atoms with Crippen LogP contribution in [0.2, 0.25) is 0 Å². The fraction of sp³-hybridized carbons (Fsp3) is 0.529. The molecule has 0 spiro atoms. The van der Waals surface area contributed by atoms with Gasteiger partial charge >= 0.3 is 11.9 Å². The van der Waals surface area contributed by atoms with Crippen LogP contribution in [0.25, 0.3) is 0 Å². The highest BCUT2D eigenvalue weighted by atomic mass is 16.6. The highest BCUT2D eigenvalue weighted by Gasteiger charge is 2.50. The zero-order valence-electron chi connectivity index (χ0n) is 13.5. The molecule has 0 aliphatic carbocycles. The fourth-order valence-corrected chi connectivity index (χ4v) is 2.39. The highest BCUT2D eigenvalue weighted by Crippen LogP contribution is 2.20. The van der Waals surface area contributed by atoms with E-state index in [1.54, 1.807) is 0 Å². The SMILES string of the molecule is CCCCOC(=O)[C@]1(C(=O)OCc2ccccc2)CCCNN1. The quantitative estimate of drug-likeness (QED) is 0.452. The first-order valence-electron chi connectivity index (χ1n) is 8.07. The second-order valence-corrected chi connectivity index (χ2v) is 5.61. The zero-order chi connectivity index (χ0) is 16.5. The van der Waals surface area contributed by atoms with Crippen LogP contribution in [-0.4, -0.2) is 30.6 Å². The second kappa shape index (κ2) is 8.64. The molecule has 0 aromatic heterocycles. The third kappa shape index (κ3) is 4.53. The van der Waals surface area contributed by atoms with Crippen LogP contribution in [0.5, 0.6) is 0 Å². The van der Waals surface area contributed by atoms with Crippen LogP contribution >= 0.6 is 0 Å². The molecule has 23 heavy (non-hydrogen) atoms. The van der Waals surface area contributed by atoms with Gasteiger partial charge in [0.2, 0.25) is 5.54 Å². The van der Waals surface area contributed by atoms with Gasteiger partial charge < -0.3 is 9.47 Å². The van der Waals surface area contributed by atoms with Crippen molar-refractivity contribution in [3.8, 4) is 0 Å². The van der Waals surface area contributed by atoms with Gasteiger partial charge in [0.15, 0.2) is 0 Å². The Morgan fingerprint density at radius 3 is 2.57 bits per heavy atom. The van der Waals surface area contributed by atoms with Crippen molar-refractivity contribution in [1.82, 2.24) is 10.9 Å². The van der Waals surface area contributed by atoms with E-state index in [1.807, 2.05) is 37.3 Å². The van der Waals surface area contributed by atoms with Gasteiger partial charge in [0.1, 0.15) is 6.61 Å². The molecule has 1 saturated heterocycles. The van der Waals surface area contributed by atoms with E-state index in [0.717, 1.165) is 18.4 Å². The van der Waals surface area contributed by atoms with Crippen LogP contribution in [0.3, 0.4) is 0 Å². The maximum Gasteiger partial charge on any atom is 0.339 e. The van der Waals surface area contributed by atoms with E-state index < -0.39 is 17.5 Å². The smallest absolute Gasteiger partial charge is 0.339 e. The van der Waals surface area contributed by atoms with Crippen LogP contribution in [0.4, 0.5) is 0 Å². The number of carbonyl (C=O) groups excluding carboxylic acids is 2. The molecule has 1 aliphatic heterocycles. The van der Waals surface area contributed by atoms with Crippen LogP contribution in [0.15, 0.2) is 30.3 Å². The van der Waals surface area contributed by atoms with Crippen LogP contribution < -0.4 is 10.9 Å². The summed E-state index contributed by atoms with van der Waals surface area (Å²) in [5.41, 5.74) is 5.09. The Balaban J connectivity index is 2.01. The summed E-state index contributed by atoms with van der Waals surface area (Å²) in [6, 6.07) is 9.37. The molecule has 6 nitrogen and oxygen atoms in total. The van der Waals surface area contributed by atoms with Crippen LogP contribution in [0.1, 0.15) is 38.2 Å². The van der Waals surface area contributed by atoms with E-state index >= 15 is 0 Å². The lowest BCUT2D eigenvalue weighted by Gasteiger charge is -2.33. The minimum absolute atomic E-state index is 0.130. The van der Waals surface area contributed by atoms with Crippen molar-refractivity contribution in [2.24, 2.45) is 0 Å². The fourth-order valence-electron chi connectivity index (χ4n) is 2.39. The maximum atomic E-state index is 12.5. The maximum absolute atomic E-state index is 12.5. The minimum Gasteiger partial charge on any atom is -0.464 e. The predicted octanol–water partition coefficient (Wildman–Crippen LogP) is 1.70. The van der Waals surface area contributed by atoms with Crippen molar-refractivity contribution in [3.63, 3.8) is 0 Å². The third-order valence-electron chi connectivity index (χ3n) is 3.80. The van der Waals surface area contributed by atoms with E-state index in [1.165, 1.54) is 0 Å². The highest BCUT2D eigenvalue weighted by molar-refractivity contribution is 6.05. The van der Waals surface area contributed by atoms with Crippen molar-refractivity contribution in [1.29, 1.82) is 0 Å². The van der Waals surface area contributed by atoms with Gasteiger partial charge in [-0.3, -0.25) is 5.43 Å². The zero-order valence-corrected chi connectivity index (χ0v) is 13.5. The molecule has 126 valence electrons. The molecule has 1 fully saturated rings. The molecule has 1 heterocycles. The van der Waals surface area contributed by atoms with Crippen molar-refractivity contribution in [2.45, 2.75) is 44.8 Å². The number of hydrogen-bond acceptors (Lipinski definition) is 6. The summed E-state index contributed by atoms with van der Waals surface area (Å²) in [4.78, 5) is 25.0. The third-order valence-corrected chi connectivity index (χ3v) is 3.80. The molecule has 1 aliphatic rings. The van der Waals surface area contributed by atoms with Gasteiger partial charge in [0.25, 0.3) is 0 Å². The van der Waals surface area contributed by atoms with Gasteiger partial charge in [-0.05, 0) is 24.8 Å². The molecular weight excluding hydrogens is 296 g/mol. The van der Waals surface area contributed by atoms with Crippen molar-refractivity contribution in [2.75, 3.05) is 13.2 Å². The van der Waals surface area contributed by atoms with Crippen molar-refractivity contribution in [3.05, 3.63) is 35.9 Å². The van der Waals surface area contributed by atoms with Crippen molar-refractivity contribution >= 4 is 11.9 Å². The van der Waals surface area contributed by atoms with Gasteiger partial charge in [-0.25, -0.2) is 15.0 Å². The summed E-state index contributed by atoms with van der Waals surface area (Å²) in [5.74, 6) is -1.17. The van der Waals surface area contributed by atoms with Crippen molar-refractivity contribution < 1.29 is 19.1 Å². The number of esters is 2. The molecule has 0 unspecified atom stereocenters. The topological polar surface area (TPSA) is 76.7 Å². The first-order valence-corrected chi connectivity index (χ1v) is 8.07. The Morgan fingerprint density at radius 2 is 1.91 bits per heavy atom.